The third kappa shape index (κ3) is 3.78. The lowest BCUT2D eigenvalue weighted by molar-refractivity contribution is 0.0948. The molecule has 1 fully saturated rings. The zero-order valence-electron chi connectivity index (χ0n) is 15.5. The van der Waals surface area contributed by atoms with E-state index in [0.29, 0.717) is 18.0 Å². The molecule has 1 saturated heterocycles. The summed E-state index contributed by atoms with van der Waals surface area (Å²) in [5.74, 6) is 0.220. The Morgan fingerprint density at radius 1 is 1.21 bits per heavy atom. The molecule has 0 saturated carbocycles. The van der Waals surface area contributed by atoms with Crippen LogP contribution in [-0.2, 0) is 7.05 Å². The van der Waals surface area contributed by atoms with Crippen molar-refractivity contribution in [2.45, 2.75) is 6.42 Å². The molecule has 3 aromatic rings. The Hall–Kier alpha value is -3.49. The first-order chi connectivity index (χ1) is 13.6. The molecule has 4 rings (SSSR count). The molecule has 0 bridgehead atoms. The van der Waals surface area contributed by atoms with Crippen molar-refractivity contribution in [3.05, 3.63) is 65.1 Å². The Kier molecular flexibility index (Phi) is 4.88. The van der Waals surface area contributed by atoms with Gasteiger partial charge in [-0.25, -0.2) is 4.68 Å². The number of hydrogen-bond donors (Lipinski definition) is 1. The van der Waals surface area contributed by atoms with Crippen LogP contribution in [0.25, 0.3) is 5.69 Å². The fourth-order valence-electron chi connectivity index (χ4n) is 3.35. The van der Waals surface area contributed by atoms with Gasteiger partial charge in [-0.05, 0) is 30.5 Å². The third-order valence-electron chi connectivity index (χ3n) is 4.98. The predicted molar refractivity (Wildman–Crippen MR) is 103 cm³/mol. The van der Waals surface area contributed by atoms with Crippen molar-refractivity contribution in [2.24, 2.45) is 13.0 Å². The Balaban J connectivity index is 1.35. The first-order valence-corrected chi connectivity index (χ1v) is 9.12. The molecular formula is C19H21N7O2. The highest BCUT2D eigenvalue weighted by Crippen LogP contribution is 2.21. The van der Waals surface area contributed by atoms with E-state index in [4.69, 9.17) is 0 Å². The summed E-state index contributed by atoms with van der Waals surface area (Å²) >= 11 is 0. The lowest BCUT2D eigenvalue weighted by Gasteiger charge is -2.18. The second-order valence-corrected chi connectivity index (χ2v) is 6.91. The second-order valence-electron chi connectivity index (χ2n) is 6.91. The highest BCUT2D eigenvalue weighted by Gasteiger charge is 2.24. The molecule has 1 aliphatic heterocycles. The van der Waals surface area contributed by atoms with E-state index >= 15 is 0 Å². The number of benzene rings is 1. The van der Waals surface area contributed by atoms with Crippen molar-refractivity contribution < 1.29 is 4.79 Å². The normalized spacial score (nSPS) is 16.3. The van der Waals surface area contributed by atoms with E-state index in [2.05, 4.69) is 25.5 Å². The van der Waals surface area contributed by atoms with Crippen LogP contribution >= 0.6 is 0 Å². The van der Waals surface area contributed by atoms with Crippen LogP contribution in [0, 0.1) is 5.92 Å². The van der Waals surface area contributed by atoms with E-state index in [-0.39, 0.29) is 11.5 Å². The van der Waals surface area contributed by atoms with Crippen LogP contribution in [0.1, 0.15) is 16.8 Å². The molecule has 2 aromatic heterocycles. The first kappa shape index (κ1) is 17.9. The monoisotopic (exact) mass is 379 g/mol. The minimum Gasteiger partial charge on any atom is -0.370 e. The third-order valence-corrected chi connectivity index (χ3v) is 4.98. The fraction of sp³-hybridized carbons (Fsp3) is 0.316. The van der Waals surface area contributed by atoms with Crippen molar-refractivity contribution >= 4 is 11.6 Å². The molecule has 0 spiro atoms. The maximum absolute atomic E-state index is 12.5. The Morgan fingerprint density at radius 3 is 2.82 bits per heavy atom. The zero-order valence-corrected chi connectivity index (χ0v) is 15.5. The number of rotatable bonds is 5. The number of carbonyl (C=O) groups excluding carboxylic acids is 1. The quantitative estimate of drug-likeness (QED) is 0.698. The molecule has 1 aliphatic rings. The SMILES string of the molecule is Cn1ncc(N2CC[C@H](CNC(=O)c3cccc(-n4cnnc4)c3)C2)cc1=O. The van der Waals surface area contributed by atoms with Crippen molar-refractivity contribution in [3.8, 4) is 5.69 Å². The summed E-state index contributed by atoms with van der Waals surface area (Å²) in [5, 5.41) is 14.7. The number of nitrogens with one attached hydrogen (secondary N) is 1. The molecule has 28 heavy (non-hydrogen) atoms. The molecule has 0 aliphatic carbocycles. The molecule has 0 radical (unpaired) electrons. The highest BCUT2D eigenvalue weighted by atomic mass is 16.1. The standard InChI is InChI=1S/C19H21N7O2/c1-24-18(27)8-17(10-23-24)25-6-5-14(11-25)9-20-19(28)15-3-2-4-16(7-15)26-12-21-22-13-26/h2-4,7-8,10,12-14H,5-6,9,11H2,1H3,(H,20,28)/t14-/m1/s1. The van der Waals surface area contributed by atoms with Crippen LogP contribution in [-0.4, -0.2) is 50.1 Å². The fourth-order valence-corrected chi connectivity index (χ4v) is 3.35. The van der Waals surface area contributed by atoms with Crippen molar-refractivity contribution in [2.75, 3.05) is 24.5 Å². The second kappa shape index (κ2) is 7.63. The smallest absolute Gasteiger partial charge is 0.268 e. The molecule has 0 unspecified atom stereocenters. The van der Waals surface area contributed by atoms with Crippen LogP contribution in [0.3, 0.4) is 0 Å². The number of hydrogen-bond acceptors (Lipinski definition) is 6. The largest absolute Gasteiger partial charge is 0.370 e. The number of carbonyl (C=O) groups is 1. The van der Waals surface area contributed by atoms with Crippen LogP contribution in [0.2, 0.25) is 0 Å². The van der Waals surface area contributed by atoms with Gasteiger partial charge in [-0.15, -0.1) is 10.2 Å². The minimum atomic E-state index is -0.123. The summed E-state index contributed by atoms with van der Waals surface area (Å²) in [4.78, 5) is 26.4. The van der Waals surface area contributed by atoms with Gasteiger partial charge in [0.15, 0.2) is 0 Å². The van der Waals surface area contributed by atoms with Gasteiger partial charge in [0.1, 0.15) is 12.7 Å². The van der Waals surface area contributed by atoms with E-state index in [1.807, 2.05) is 18.2 Å². The summed E-state index contributed by atoms with van der Waals surface area (Å²) < 4.78 is 3.06. The average Bonchev–Trinajstić information content (AvgIpc) is 3.40. The van der Waals surface area contributed by atoms with E-state index in [9.17, 15) is 9.59 Å². The van der Waals surface area contributed by atoms with E-state index in [1.54, 1.807) is 42.6 Å². The molecule has 1 N–H and O–H groups in total. The van der Waals surface area contributed by atoms with Gasteiger partial charge < -0.3 is 10.2 Å². The molecule has 1 atom stereocenters. The van der Waals surface area contributed by atoms with Crippen LogP contribution in [0.15, 0.2) is 54.0 Å². The number of amides is 1. The molecule has 3 heterocycles. The van der Waals surface area contributed by atoms with E-state index in [0.717, 1.165) is 30.9 Å². The van der Waals surface area contributed by atoms with E-state index < -0.39 is 0 Å². The maximum Gasteiger partial charge on any atom is 0.268 e. The first-order valence-electron chi connectivity index (χ1n) is 9.12. The van der Waals surface area contributed by atoms with Crippen molar-refractivity contribution in [1.29, 1.82) is 0 Å². The molecule has 9 heteroatoms. The van der Waals surface area contributed by atoms with Gasteiger partial charge in [0.05, 0.1) is 11.9 Å². The van der Waals surface area contributed by atoms with Gasteiger partial charge in [0.2, 0.25) is 0 Å². The van der Waals surface area contributed by atoms with Crippen LogP contribution in [0.4, 0.5) is 5.69 Å². The van der Waals surface area contributed by atoms with Gasteiger partial charge in [0, 0.05) is 44.0 Å². The minimum absolute atomic E-state index is 0.108. The summed E-state index contributed by atoms with van der Waals surface area (Å²) in [7, 11) is 1.63. The number of aryl methyl sites for hydroxylation is 1. The van der Waals surface area contributed by atoms with Crippen molar-refractivity contribution in [1.82, 2.24) is 29.9 Å². The predicted octanol–water partition coefficient (Wildman–Crippen LogP) is 0.617. The summed E-state index contributed by atoms with van der Waals surface area (Å²) in [6.45, 7) is 2.22. The Bertz CT molecular complexity index is 1030. The maximum atomic E-state index is 12.5. The average molecular weight is 379 g/mol. The Labute approximate surface area is 161 Å². The highest BCUT2D eigenvalue weighted by molar-refractivity contribution is 5.94. The van der Waals surface area contributed by atoms with Crippen LogP contribution < -0.4 is 15.8 Å². The summed E-state index contributed by atoms with van der Waals surface area (Å²) in [6, 6.07) is 8.93. The number of nitrogens with zero attached hydrogens (tertiary/aromatic N) is 6. The topological polar surface area (TPSA) is 97.9 Å². The van der Waals surface area contributed by atoms with Crippen LogP contribution in [0.5, 0.6) is 0 Å². The Morgan fingerprint density at radius 2 is 2.04 bits per heavy atom. The molecule has 1 amide bonds. The summed E-state index contributed by atoms with van der Waals surface area (Å²) in [6.07, 6.45) is 5.85. The molecule has 1 aromatic carbocycles. The molecule has 144 valence electrons. The van der Waals surface area contributed by atoms with E-state index in [1.165, 1.54) is 4.68 Å². The summed E-state index contributed by atoms with van der Waals surface area (Å²) in [5.41, 5.74) is 2.14. The molecule has 9 nitrogen and oxygen atoms in total. The van der Waals surface area contributed by atoms with Crippen molar-refractivity contribution in [3.63, 3.8) is 0 Å². The lowest BCUT2D eigenvalue weighted by atomic mass is 10.1. The van der Waals surface area contributed by atoms with Gasteiger partial charge in [-0.2, -0.15) is 5.10 Å². The zero-order chi connectivity index (χ0) is 19.5. The lowest BCUT2D eigenvalue weighted by Crippen LogP contribution is -2.31. The van der Waals surface area contributed by atoms with Gasteiger partial charge in [-0.1, -0.05) is 6.07 Å². The van der Waals surface area contributed by atoms with Gasteiger partial charge in [-0.3, -0.25) is 14.2 Å². The van der Waals surface area contributed by atoms with Gasteiger partial charge in [0.25, 0.3) is 11.5 Å². The number of anilines is 1. The molecular weight excluding hydrogens is 358 g/mol. The van der Waals surface area contributed by atoms with Gasteiger partial charge >= 0.3 is 0 Å². The number of aromatic nitrogens is 5.